The maximum absolute atomic E-state index is 14.0. The molecule has 0 bridgehead atoms. The Hall–Kier alpha value is -3.17. The molecule has 3 aromatic rings. The molecule has 0 unspecified atom stereocenters. The molecule has 7 nitrogen and oxygen atoms in total. The molecule has 1 aromatic heterocycles. The average molecular weight is 482 g/mol. The van der Waals surface area contributed by atoms with Gasteiger partial charge >= 0.3 is 0 Å². The molecule has 0 spiro atoms. The van der Waals surface area contributed by atoms with Crippen LogP contribution < -0.4 is 20.7 Å². The molecule has 34 heavy (non-hydrogen) atoms. The van der Waals surface area contributed by atoms with Crippen molar-refractivity contribution in [2.75, 3.05) is 55.8 Å². The number of anilines is 4. The standard InChI is InChI=1S/C25H28FN5O2S/c1-33-21-9-4-17(14-20(21)26)22(32)23-24(27)29-25(34-23)28-18-5-7-19(8-6-18)31-12-10-30(11-13-31)15-16-2-3-16/h4-9,14,16H,2-3,10-13,15,27H2,1H3,(H,28,29). The summed E-state index contributed by atoms with van der Waals surface area (Å²) in [5.74, 6) is 0.166. The number of halogens is 1. The van der Waals surface area contributed by atoms with Gasteiger partial charge in [0.15, 0.2) is 16.7 Å². The maximum Gasteiger partial charge on any atom is 0.206 e. The van der Waals surface area contributed by atoms with E-state index < -0.39 is 5.82 Å². The molecule has 9 heteroatoms. The van der Waals surface area contributed by atoms with Crippen molar-refractivity contribution in [3.05, 3.63) is 58.7 Å². The number of piperazine rings is 1. The first-order valence-corrected chi connectivity index (χ1v) is 12.3. The van der Waals surface area contributed by atoms with Crippen molar-refractivity contribution < 1.29 is 13.9 Å². The summed E-state index contributed by atoms with van der Waals surface area (Å²) in [6.07, 6.45) is 2.80. The van der Waals surface area contributed by atoms with E-state index in [1.165, 1.54) is 44.3 Å². The highest BCUT2D eigenvalue weighted by molar-refractivity contribution is 7.18. The number of carbonyl (C=O) groups excluding carboxylic acids is 1. The molecule has 0 amide bonds. The average Bonchev–Trinajstić information content (AvgIpc) is 3.59. The van der Waals surface area contributed by atoms with Gasteiger partial charge in [0.05, 0.1) is 7.11 Å². The van der Waals surface area contributed by atoms with E-state index in [0.29, 0.717) is 5.13 Å². The van der Waals surface area contributed by atoms with E-state index in [2.05, 4.69) is 32.2 Å². The highest BCUT2D eigenvalue weighted by Gasteiger charge is 2.26. The molecule has 0 radical (unpaired) electrons. The minimum absolute atomic E-state index is 0.0831. The van der Waals surface area contributed by atoms with E-state index in [1.807, 2.05) is 12.1 Å². The highest BCUT2D eigenvalue weighted by atomic mass is 32.1. The van der Waals surface area contributed by atoms with Crippen LogP contribution in [0.2, 0.25) is 0 Å². The molecule has 1 aliphatic carbocycles. The SMILES string of the molecule is COc1ccc(C(=O)c2sc(Nc3ccc(N4CCN(CC5CC5)CC4)cc3)nc2N)cc1F. The molecule has 2 aliphatic rings. The summed E-state index contributed by atoms with van der Waals surface area (Å²) in [4.78, 5) is 22.4. The molecule has 5 rings (SSSR count). The number of benzene rings is 2. The van der Waals surface area contributed by atoms with Gasteiger partial charge in [0.2, 0.25) is 5.78 Å². The van der Waals surface area contributed by atoms with Crippen LogP contribution in [0.4, 0.5) is 26.7 Å². The minimum Gasteiger partial charge on any atom is -0.494 e. The van der Waals surface area contributed by atoms with E-state index in [-0.39, 0.29) is 27.8 Å². The monoisotopic (exact) mass is 481 g/mol. The van der Waals surface area contributed by atoms with Crippen molar-refractivity contribution in [1.82, 2.24) is 9.88 Å². The minimum atomic E-state index is -0.598. The molecule has 1 aliphatic heterocycles. The van der Waals surface area contributed by atoms with Gasteiger partial charge in [-0.15, -0.1) is 0 Å². The number of hydrogen-bond donors (Lipinski definition) is 2. The van der Waals surface area contributed by atoms with E-state index in [0.717, 1.165) is 55.2 Å². The summed E-state index contributed by atoms with van der Waals surface area (Å²) < 4.78 is 18.9. The Morgan fingerprint density at radius 3 is 2.56 bits per heavy atom. The first kappa shape index (κ1) is 22.6. The fourth-order valence-electron chi connectivity index (χ4n) is 4.22. The predicted molar refractivity (Wildman–Crippen MR) is 134 cm³/mol. The number of aromatic nitrogens is 1. The number of methoxy groups -OCH3 is 1. The summed E-state index contributed by atoms with van der Waals surface area (Å²) in [7, 11) is 1.38. The van der Waals surface area contributed by atoms with Crippen LogP contribution in [0.15, 0.2) is 42.5 Å². The first-order chi connectivity index (χ1) is 16.5. The molecule has 2 aromatic carbocycles. The Bertz CT molecular complexity index is 1170. The Balaban J connectivity index is 1.21. The van der Waals surface area contributed by atoms with Gasteiger partial charge in [0.25, 0.3) is 0 Å². The molecule has 2 heterocycles. The fourth-order valence-corrected chi connectivity index (χ4v) is 5.09. The van der Waals surface area contributed by atoms with Gasteiger partial charge in [-0.05, 0) is 61.2 Å². The van der Waals surface area contributed by atoms with Crippen molar-refractivity contribution in [3.8, 4) is 5.75 Å². The number of carbonyl (C=O) groups is 1. The molecule has 178 valence electrons. The summed E-state index contributed by atoms with van der Waals surface area (Å²) in [5.41, 5.74) is 8.26. The Kier molecular flexibility index (Phi) is 6.38. The third-order valence-electron chi connectivity index (χ3n) is 6.34. The number of ketones is 1. The zero-order valence-corrected chi connectivity index (χ0v) is 19.9. The van der Waals surface area contributed by atoms with Crippen LogP contribution in [0, 0.1) is 11.7 Å². The Morgan fingerprint density at radius 2 is 1.91 bits per heavy atom. The lowest BCUT2D eigenvalue weighted by Crippen LogP contribution is -2.47. The lowest BCUT2D eigenvalue weighted by atomic mass is 10.1. The summed E-state index contributed by atoms with van der Waals surface area (Å²) >= 11 is 1.15. The number of nitrogen functional groups attached to an aromatic ring is 1. The van der Waals surface area contributed by atoms with E-state index in [9.17, 15) is 9.18 Å². The second-order valence-electron chi connectivity index (χ2n) is 8.81. The van der Waals surface area contributed by atoms with E-state index in [1.54, 1.807) is 0 Å². The predicted octanol–water partition coefficient (Wildman–Crippen LogP) is 4.38. The van der Waals surface area contributed by atoms with Crippen molar-refractivity contribution in [2.45, 2.75) is 12.8 Å². The third-order valence-corrected chi connectivity index (χ3v) is 7.33. The van der Waals surface area contributed by atoms with Gasteiger partial charge < -0.3 is 20.7 Å². The number of nitrogens with zero attached hydrogens (tertiary/aromatic N) is 3. The first-order valence-electron chi connectivity index (χ1n) is 11.5. The van der Waals surface area contributed by atoms with Crippen LogP contribution in [0.5, 0.6) is 5.75 Å². The molecule has 1 saturated heterocycles. The normalized spacial score (nSPS) is 16.5. The lowest BCUT2D eigenvalue weighted by molar-refractivity contribution is 0.104. The molecular weight excluding hydrogens is 453 g/mol. The molecule has 0 atom stereocenters. The van der Waals surface area contributed by atoms with E-state index >= 15 is 0 Å². The quantitative estimate of drug-likeness (QED) is 0.462. The number of nitrogens with two attached hydrogens (primary N) is 1. The van der Waals surface area contributed by atoms with Crippen LogP contribution >= 0.6 is 11.3 Å². The topological polar surface area (TPSA) is 83.7 Å². The number of nitrogens with one attached hydrogen (secondary N) is 1. The number of hydrogen-bond acceptors (Lipinski definition) is 8. The number of ether oxygens (including phenoxy) is 1. The zero-order valence-electron chi connectivity index (χ0n) is 19.1. The number of rotatable bonds is 8. The van der Waals surface area contributed by atoms with Crippen LogP contribution in [0.1, 0.15) is 28.1 Å². The fraction of sp³-hybridized carbons (Fsp3) is 0.360. The highest BCUT2D eigenvalue weighted by Crippen LogP contribution is 2.32. The maximum atomic E-state index is 14.0. The molecule has 1 saturated carbocycles. The summed E-state index contributed by atoms with van der Waals surface area (Å²) in [6, 6.07) is 12.3. The van der Waals surface area contributed by atoms with Gasteiger partial charge in [-0.1, -0.05) is 11.3 Å². The van der Waals surface area contributed by atoms with Crippen LogP contribution in [-0.4, -0.2) is 55.5 Å². The lowest BCUT2D eigenvalue weighted by Gasteiger charge is -2.36. The van der Waals surface area contributed by atoms with Gasteiger partial charge in [0, 0.05) is 49.7 Å². The van der Waals surface area contributed by atoms with Gasteiger partial charge in [-0.2, -0.15) is 0 Å². The van der Waals surface area contributed by atoms with Crippen molar-refractivity contribution in [1.29, 1.82) is 0 Å². The van der Waals surface area contributed by atoms with Crippen molar-refractivity contribution in [2.24, 2.45) is 5.92 Å². The van der Waals surface area contributed by atoms with Crippen molar-refractivity contribution in [3.63, 3.8) is 0 Å². The van der Waals surface area contributed by atoms with Gasteiger partial charge in [-0.3, -0.25) is 9.69 Å². The Morgan fingerprint density at radius 1 is 1.18 bits per heavy atom. The van der Waals surface area contributed by atoms with Crippen LogP contribution in [0.25, 0.3) is 0 Å². The van der Waals surface area contributed by atoms with Crippen molar-refractivity contribution >= 4 is 39.4 Å². The third kappa shape index (κ3) is 5.00. The van der Waals surface area contributed by atoms with Gasteiger partial charge in [0.1, 0.15) is 10.7 Å². The summed E-state index contributed by atoms with van der Waals surface area (Å²) in [6.45, 7) is 5.57. The molecule has 3 N–H and O–H groups in total. The van der Waals surface area contributed by atoms with Crippen LogP contribution in [-0.2, 0) is 0 Å². The van der Waals surface area contributed by atoms with Crippen LogP contribution in [0.3, 0.4) is 0 Å². The molecule has 2 fully saturated rings. The largest absolute Gasteiger partial charge is 0.494 e. The van der Waals surface area contributed by atoms with E-state index in [4.69, 9.17) is 10.5 Å². The number of thiazole rings is 1. The second kappa shape index (κ2) is 9.60. The van der Waals surface area contributed by atoms with Gasteiger partial charge in [-0.25, -0.2) is 9.37 Å². The Labute approximate surface area is 202 Å². The zero-order chi connectivity index (χ0) is 23.7. The molecular formula is C25H28FN5O2S. The summed E-state index contributed by atoms with van der Waals surface area (Å²) in [5, 5.41) is 3.73. The smallest absolute Gasteiger partial charge is 0.206 e. The second-order valence-corrected chi connectivity index (χ2v) is 9.81.